The number of fused-ring (bicyclic) bond motifs is 6. The van der Waals surface area contributed by atoms with Gasteiger partial charge >= 0.3 is 0 Å². The van der Waals surface area contributed by atoms with Crippen molar-refractivity contribution in [1.29, 1.82) is 0 Å². The van der Waals surface area contributed by atoms with Gasteiger partial charge in [0.25, 0.3) is 5.91 Å². The lowest BCUT2D eigenvalue weighted by Crippen LogP contribution is -2.57. The van der Waals surface area contributed by atoms with Crippen LogP contribution in [0.15, 0.2) is 48.5 Å². The molecule has 0 aliphatic carbocycles. The van der Waals surface area contributed by atoms with Crippen LogP contribution in [0.25, 0.3) is 10.9 Å². The van der Waals surface area contributed by atoms with E-state index in [0.717, 1.165) is 39.8 Å². The zero-order valence-electron chi connectivity index (χ0n) is 13.8. The van der Waals surface area contributed by atoms with Gasteiger partial charge in [-0.3, -0.25) is 9.59 Å². The molecule has 1 spiro atoms. The number of rotatable bonds is 0. The Labute approximate surface area is 144 Å². The molecule has 1 aromatic heterocycles. The van der Waals surface area contributed by atoms with Crippen LogP contribution in [0.4, 0.5) is 5.69 Å². The number of aromatic nitrogens is 1. The third-order valence-corrected chi connectivity index (χ3v) is 5.44. The van der Waals surface area contributed by atoms with Gasteiger partial charge in [0.15, 0.2) is 5.54 Å². The summed E-state index contributed by atoms with van der Waals surface area (Å²) in [5.41, 5.74) is 3.43. The van der Waals surface area contributed by atoms with Gasteiger partial charge in [0.05, 0.1) is 5.69 Å². The Morgan fingerprint density at radius 1 is 1.12 bits per heavy atom. The Morgan fingerprint density at radius 2 is 1.88 bits per heavy atom. The lowest BCUT2D eigenvalue weighted by molar-refractivity contribution is -0.142. The predicted octanol–water partition coefficient (Wildman–Crippen LogP) is 2.77. The van der Waals surface area contributed by atoms with Crippen molar-refractivity contribution >= 4 is 28.4 Å². The van der Waals surface area contributed by atoms with Gasteiger partial charge in [-0.2, -0.15) is 0 Å². The van der Waals surface area contributed by atoms with Crippen molar-refractivity contribution in [2.45, 2.75) is 18.9 Å². The number of H-pyrrole nitrogens is 1. The molecule has 2 aliphatic heterocycles. The molecule has 124 valence electrons. The number of hydrogen-bond acceptors (Lipinski definition) is 2. The molecule has 1 atom stereocenters. The first-order chi connectivity index (χ1) is 12.1. The summed E-state index contributed by atoms with van der Waals surface area (Å²) in [6, 6.07) is 15.7. The van der Waals surface area contributed by atoms with E-state index in [9.17, 15) is 9.59 Å². The molecule has 0 bridgehead atoms. The van der Waals surface area contributed by atoms with Crippen LogP contribution in [-0.2, 0) is 21.5 Å². The van der Waals surface area contributed by atoms with Crippen molar-refractivity contribution in [3.8, 4) is 0 Å². The molecule has 5 heteroatoms. The Bertz CT molecular complexity index is 1050. The Hall–Kier alpha value is -3.08. The maximum atomic E-state index is 13.2. The van der Waals surface area contributed by atoms with E-state index >= 15 is 0 Å². The smallest absolute Gasteiger partial charge is 0.261 e. The summed E-state index contributed by atoms with van der Waals surface area (Å²) < 4.78 is 0. The van der Waals surface area contributed by atoms with Crippen molar-refractivity contribution in [3.05, 3.63) is 65.4 Å². The second-order valence-corrected chi connectivity index (χ2v) is 6.65. The maximum absolute atomic E-state index is 13.2. The number of amides is 2. The minimum atomic E-state index is -1.12. The standard InChI is InChI=1S/C20H17N3O2/c1-12(24)23-11-10-14-13-6-2-4-8-16(13)21-18(14)20(23)15-7-3-5-9-17(15)22-19(20)25/h2-9,21H,10-11H2,1H3,(H,22,25)/t20-/m0/s1. The van der Waals surface area contributed by atoms with Crippen LogP contribution in [0.3, 0.4) is 0 Å². The van der Waals surface area contributed by atoms with E-state index in [1.54, 1.807) is 4.90 Å². The van der Waals surface area contributed by atoms with E-state index in [0.29, 0.717) is 6.54 Å². The minimum Gasteiger partial charge on any atom is -0.355 e. The highest BCUT2D eigenvalue weighted by atomic mass is 16.2. The predicted molar refractivity (Wildman–Crippen MR) is 95.2 cm³/mol. The molecule has 0 saturated heterocycles. The number of nitrogens with zero attached hydrogens (tertiary/aromatic N) is 1. The molecule has 0 radical (unpaired) electrons. The normalized spacial score (nSPS) is 21.3. The highest BCUT2D eigenvalue weighted by molar-refractivity contribution is 6.11. The molecule has 3 aromatic rings. The van der Waals surface area contributed by atoms with E-state index in [2.05, 4.69) is 16.4 Å². The fraction of sp³-hybridized carbons (Fsp3) is 0.200. The van der Waals surface area contributed by atoms with Gasteiger partial charge in [0.2, 0.25) is 5.91 Å². The van der Waals surface area contributed by atoms with E-state index in [1.807, 2.05) is 42.5 Å². The van der Waals surface area contributed by atoms with E-state index < -0.39 is 5.54 Å². The average Bonchev–Trinajstić information content (AvgIpc) is 3.12. The summed E-state index contributed by atoms with van der Waals surface area (Å²) >= 11 is 0. The molecule has 25 heavy (non-hydrogen) atoms. The largest absolute Gasteiger partial charge is 0.355 e. The molecule has 5 nitrogen and oxygen atoms in total. The average molecular weight is 331 g/mol. The Kier molecular flexibility index (Phi) is 2.70. The number of nitrogens with one attached hydrogen (secondary N) is 2. The van der Waals surface area contributed by atoms with Crippen LogP contribution >= 0.6 is 0 Å². The first-order valence-corrected chi connectivity index (χ1v) is 8.43. The van der Waals surface area contributed by atoms with E-state index in [1.165, 1.54) is 6.92 Å². The molecule has 3 heterocycles. The number of hydrogen-bond donors (Lipinski definition) is 2. The number of aromatic amines is 1. The third kappa shape index (κ3) is 1.62. The molecule has 0 fully saturated rings. The topological polar surface area (TPSA) is 65.2 Å². The third-order valence-electron chi connectivity index (χ3n) is 5.44. The first kappa shape index (κ1) is 14.3. The zero-order valence-corrected chi connectivity index (χ0v) is 13.8. The molecule has 2 aliphatic rings. The van der Waals surface area contributed by atoms with Crippen molar-refractivity contribution in [3.63, 3.8) is 0 Å². The van der Waals surface area contributed by atoms with Gasteiger partial charge in [0, 0.05) is 35.6 Å². The molecular weight excluding hydrogens is 314 g/mol. The Morgan fingerprint density at radius 3 is 2.72 bits per heavy atom. The second-order valence-electron chi connectivity index (χ2n) is 6.65. The number of carbonyl (C=O) groups excluding carboxylic acids is 2. The van der Waals surface area contributed by atoms with Crippen molar-refractivity contribution in [2.75, 3.05) is 11.9 Å². The van der Waals surface area contributed by atoms with Gasteiger partial charge in [-0.15, -0.1) is 0 Å². The van der Waals surface area contributed by atoms with Crippen molar-refractivity contribution in [1.82, 2.24) is 9.88 Å². The van der Waals surface area contributed by atoms with Gasteiger partial charge < -0.3 is 15.2 Å². The number of benzene rings is 2. The molecular formula is C20H17N3O2. The summed E-state index contributed by atoms with van der Waals surface area (Å²) in [5.74, 6) is -0.271. The fourth-order valence-corrected chi connectivity index (χ4v) is 4.45. The lowest BCUT2D eigenvalue weighted by atomic mass is 9.80. The molecule has 2 N–H and O–H groups in total. The summed E-state index contributed by atoms with van der Waals surface area (Å²) in [6.45, 7) is 2.05. The highest BCUT2D eigenvalue weighted by Crippen LogP contribution is 2.49. The molecule has 5 rings (SSSR count). The maximum Gasteiger partial charge on any atom is 0.261 e. The highest BCUT2D eigenvalue weighted by Gasteiger charge is 2.57. The minimum absolute atomic E-state index is 0.101. The van der Waals surface area contributed by atoms with Crippen LogP contribution < -0.4 is 5.32 Å². The van der Waals surface area contributed by atoms with E-state index in [-0.39, 0.29) is 11.8 Å². The zero-order chi connectivity index (χ0) is 17.2. The summed E-state index contributed by atoms with van der Waals surface area (Å²) in [4.78, 5) is 30.9. The summed E-state index contributed by atoms with van der Waals surface area (Å²) in [5, 5.41) is 4.10. The SMILES string of the molecule is CC(=O)N1CCc2c([nH]c3ccccc23)[C@@]12C(=O)Nc1ccccc12. The van der Waals surface area contributed by atoms with Crippen molar-refractivity contribution < 1.29 is 9.59 Å². The molecule has 0 saturated carbocycles. The van der Waals surface area contributed by atoms with Crippen LogP contribution in [0.2, 0.25) is 0 Å². The summed E-state index contributed by atoms with van der Waals surface area (Å²) in [6.07, 6.45) is 0.732. The van der Waals surface area contributed by atoms with Gasteiger partial charge in [-0.05, 0) is 24.1 Å². The molecule has 2 amide bonds. The van der Waals surface area contributed by atoms with Crippen LogP contribution in [-0.4, -0.2) is 28.2 Å². The molecule has 2 aromatic carbocycles. The fourth-order valence-electron chi connectivity index (χ4n) is 4.45. The van der Waals surface area contributed by atoms with Gasteiger partial charge in [-0.25, -0.2) is 0 Å². The van der Waals surface area contributed by atoms with Crippen LogP contribution in [0, 0.1) is 0 Å². The monoisotopic (exact) mass is 331 g/mol. The Balaban J connectivity index is 1.91. The number of anilines is 1. The second kappa shape index (κ2) is 4.72. The van der Waals surface area contributed by atoms with Crippen LogP contribution in [0.1, 0.15) is 23.7 Å². The molecule has 0 unspecified atom stereocenters. The summed E-state index contributed by atoms with van der Waals surface area (Å²) in [7, 11) is 0. The first-order valence-electron chi connectivity index (χ1n) is 8.43. The lowest BCUT2D eigenvalue weighted by Gasteiger charge is -2.42. The number of para-hydroxylation sites is 2. The van der Waals surface area contributed by atoms with Gasteiger partial charge in [-0.1, -0.05) is 36.4 Å². The van der Waals surface area contributed by atoms with E-state index in [4.69, 9.17) is 0 Å². The van der Waals surface area contributed by atoms with Gasteiger partial charge in [0.1, 0.15) is 0 Å². The van der Waals surface area contributed by atoms with Crippen molar-refractivity contribution in [2.24, 2.45) is 0 Å². The number of carbonyl (C=O) groups is 2. The quantitative estimate of drug-likeness (QED) is 0.665. The van der Waals surface area contributed by atoms with Crippen LogP contribution in [0.5, 0.6) is 0 Å².